The number of nitrogens with one attached hydrogen (secondary N) is 1. The van der Waals surface area contributed by atoms with Gasteiger partial charge in [-0.05, 0) is 37.5 Å². The Morgan fingerprint density at radius 1 is 1.61 bits per heavy atom. The average Bonchev–Trinajstić information content (AvgIpc) is 2.36. The first-order valence-electron chi connectivity index (χ1n) is 5.89. The molecule has 98 valence electrons. The molecule has 0 aliphatic rings. The van der Waals surface area contributed by atoms with Crippen molar-refractivity contribution in [3.05, 3.63) is 29.6 Å². The number of aromatic nitrogens is 1. The largest absolute Gasteiger partial charge is 0.392 e. The van der Waals surface area contributed by atoms with Crippen LogP contribution in [0.4, 0.5) is 0 Å². The number of rotatable bonds is 5. The van der Waals surface area contributed by atoms with Gasteiger partial charge < -0.3 is 11.1 Å². The normalized spacial score (nSPS) is 13.7. The molecule has 1 aromatic rings. The highest BCUT2D eigenvalue weighted by Gasteiger charge is 2.34. The molecule has 1 rings (SSSR count). The van der Waals surface area contributed by atoms with E-state index in [9.17, 15) is 4.79 Å². The van der Waals surface area contributed by atoms with Gasteiger partial charge >= 0.3 is 0 Å². The van der Waals surface area contributed by atoms with Crippen LogP contribution in [0.15, 0.2) is 18.5 Å². The third-order valence-corrected chi connectivity index (χ3v) is 3.79. The average molecular weight is 265 g/mol. The van der Waals surface area contributed by atoms with Crippen LogP contribution in [0.25, 0.3) is 0 Å². The quantitative estimate of drug-likeness (QED) is 0.795. The Morgan fingerprint density at radius 3 is 2.78 bits per heavy atom. The van der Waals surface area contributed by atoms with Gasteiger partial charge in [0.15, 0.2) is 0 Å². The van der Waals surface area contributed by atoms with E-state index in [-0.39, 0.29) is 10.9 Å². The number of pyridine rings is 1. The van der Waals surface area contributed by atoms with E-state index >= 15 is 0 Å². The summed E-state index contributed by atoms with van der Waals surface area (Å²) in [6.45, 7) is 6.08. The van der Waals surface area contributed by atoms with Gasteiger partial charge in [-0.3, -0.25) is 9.78 Å². The number of thiocarbonyl (C=S) groups is 1. The molecule has 0 saturated carbocycles. The molecule has 1 heterocycles. The molecule has 0 aromatic carbocycles. The van der Waals surface area contributed by atoms with E-state index in [1.54, 1.807) is 19.3 Å². The van der Waals surface area contributed by atoms with Gasteiger partial charge in [0, 0.05) is 18.9 Å². The van der Waals surface area contributed by atoms with Crippen molar-refractivity contribution in [2.45, 2.75) is 33.7 Å². The van der Waals surface area contributed by atoms with Crippen molar-refractivity contribution in [3.8, 4) is 0 Å². The van der Waals surface area contributed by atoms with Gasteiger partial charge in [0.05, 0.1) is 10.4 Å². The fourth-order valence-electron chi connectivity index (χ4n) is 1.50. The first kappa shape index (κ1) is 14.6. The van der Waals surface area contributed by atoms with E-state index < -0.39 is 5.41 Å². The Balaban J connectivity index is 2.72. The number of nitrogens with two attached hydrogens (primary N) is 1. The topological polar surface area (TPSA) is 68.0 Å². The predicted octanol–water partition coefficient (Wildman–Crippen LogP) is 1.71. The number of hydrogen-bond acceptors (Lipinski definition) is 3. The van der Waals surface area contributed by atoms with Crippen LogP contribution in [0.2, 0.25) is 0 Å². The third kappa shape index (κ3) is 3.04. The van der Waals surface area contributed by atoms with E-state index in [0.717, 1.165) is 11.1 Å². The summed E-state index contributed by atoms with van der Waals surface area (Å²) in [5.41, 5.74) is 6.94. The Labute approximate surface area is 113 Å². The summed E-state index contributed by atoms with van der Waals surface area (Å²) in [6, 6.07) is 1.91. The van der Waals surface area contributed by atoms with E-state index in [1.165, 1.54) is 0 Å². The molecule has 1 atom stereocenters. The second-order valence-corrected chi connectivity index (χ2v) is 4.97. The van der Waals surface area contributed by atoms with Crippen LogP contribution >= 0.6 is 12.2 Å². The standard InChI is InChI=1S/C13H19N3OS/c1-4-13(3,11(14)18)12(17)16-8-10-7-15-6-5-9(10)2/h5-7H,4,8H2,1-3H3,(H2,14,18)(H,16,17). The van der Waals surface area contributed by atoms with Crippen molar-refractivity contribution < 1.29 is 4.79 Å². The molecule has 0 bridgehead atoms. The van der Waals surface area contributed by atoms with Gasteiger partial charge in [-0.15, -0.1) is 0 Å². The summed E-state index contributed by atoms with van der Waals surface area (Å²) < 4.78 is 0. The van der Waals surface area contributed by atoms with Gasteiger partial charge in [0.2, 0.25) is 5.91 Å². The molecule has 0 saturated heterocycles. The Kier molecular flexibility index (Phi) is 4.78. The summed E-state index contributed by atoms with van der Waals surface area (Å²) in [7, 11) is 0. The van der Waals surface area contributed by atoms with E-state index in [2.05, 4.69) is 10.3 Å². The SMILES string of the molecule is CCC(C)(C(=O)NCc1cnccc1C)C(N)=S. The van der Waals surface area contributed by atoms with Crippen LogP contribution in [0, 0.1) is 12.3 Å². The smallest absolute Gasteiger partial charge is 0.233 e. The molecule has 0 radical (unpaired) electrons. The number of nitrogens with zero attached hydrogens (tertiary/aromatic N) is 1. The van der Waals surface area contributed by atoms with Crippen molar-refractivity contribution >= 4 is 23.1 Å². The molecule has 1 aromatic heterocycles. The second kappa shape index (κ2) is 5.91. The lowest BCUT2D eigenvalue weighted by atomic mass is 9.86. The number of carbonyl (C=O) groups excluding carboxylic acids is 1. The zero-order chi connectivity index (χ0) is 13.8. The first-order chi connectivity index (χ1) is 8.41. The summed E-state index contributed by atoms with van der Waals surface area (Å²) in [5, 5.41) is 2.87. The molecule has 1 unspecified atom stereocenters. The molecular weight excluding hydrogens is 246 g/mol. The zero-order valence-corrected chi connectivity index (χ0v) is 11.8. The summed E-state index contributed by atoms with van der Waals surface area (Å²) in [5.74, 6) is -0.138. The predicted molar refractivity (Wildman–Crippen MR) is 76.0 cm³/mol. The monoisotopic (exact) mass is 265 g/mol. The maximum Gasteiger partial charge on any atom is 0.233 e. The van der Waals surface area contributed by atoms with Gasteiger partial charge in [-0.1, -0.05) is 19.1 Å². The highest BCUT2D eigenvalue weighted by atomic mass is 32.1. The van der Waals surface area contributed by atoms with Gasteiger partial charge in [0.25, 0.3) is 0 Å². The number of hydrogen-bond donors (Lipinski definition) is 2. The molecule has 0 aliphatic carbocycles. The van der Waals surface area contributed by atoms with E-state index in [4.69, 9.17) is 18.0 Å². The van der Waals surface area contributed by atoms with Gasteiger partial charge in [-0.25, -0.2) is 0 Å². The van der Waals surface area contributed by atoms with Crippen LogP contribution in [-0.4, -0.2) is 15.9 Å². The molecule has 3 N–H and O–H groups in total. The highest BCUT2D eigenvalue weighted by Crippen LogP contribution is 2.21. The number of amides is 1. The summed E-state index contributed by atoms with van der Waals surface area (Å²) in [6.07, 6.45) is 4.06. The fourth-order valence-corrected chi connectivity index (χ4v) is 1.74. The number of aryl methyl sites for hydroxylation is 1. The maximum absolute atomic E-state index is 12.1. The van der Waals surface area contributed by atoms with E-state index in [0.29, 0.717) is 13.0 Å². The lowest BCUT2D eigenvalue weighted by molar-refractivity contribution is -0.127. The van der Waals surface area contributed by atoms with Crippen LogP contribution in [0.1, 0.15) is 31.4 Å². The van der Waals surface area contributed by atoms with Crippen molar-refractivity contribution in [2.75, 3.05) is 0 Å². The molecular formula is C13H19N3OS. The lowest BCUT2D eigenvalue weighted by Crippen LogP contribution is -2.46. The highest BCUT2D eigenvalue weighted by molar-refractivity contribution is 7.80. The summed E-state index contributed by atoms with van der Waals surface area (Å²) >= 11 is 4.97. The van der Waals surface area contributed by atoms with Crippen LogP contribution in [0.3, 0.4) is 0 Å². The first-order valence-corrected chi connectivity index (χ1v) is 6.30. The van der Waals surface area contributed by atoms with Gasteiger partial charge in [0.1, 0.15) is 0 Å². The van der Waals surface area contributed by atoms with Gasteiger partial charge in [-0.2, -0.15) is 0 Å². The molecule has 1 amide bonds. The minimum atomic E-state index is -0.786. The summed E-state index contributed by atoms with van der Waals surface area (Å²) in [4.78, 5) is 16.4. The van der Waals surface area contributed by atoms with Crippen molar-refractivity contribution in [3.63, 3.8) is 0 Å². The van der Waals surface area contributed by atoms with Crippen LogP contribution < -0.4 is 11.1 Å². The second-order valence-electron chi connectivity index (χ2n) is 4.53. The maximum atomic E-state index is 12.1. The molecule has 5 heteroatoms. The molecule has 0 spiro atoms. The van der Waals surface area contributed by atoms with Crippen molar-refractivity contribution in [1.29, 1.82) is 0 Å². The number of carbonyl (C=O) groups is 1. The lowest BCUT2D eigenvalue weighted by Gasteiger charge is -2.25. The third-order valence-electron chi connectivity index (χ3n) is 3.34. The molecule has 0 fully saturated rings. The zero-order valence-electron chi connectivity index (χ0n) is 11.0. The Hall–Kier alpha value is -1.49. The molecule has 4 nitrogen and oxygen atoms in total. The Bertz CT molecular complexity index is 461. The van der Waals surface area contributed by atoms with Crippen LogP contribution in [0.5, 0.6) is 0 Å². The van der Waals surface area contributed by atoms with E-state index in [1.807, 2.05) is 19.9 Å². The van der Waals surface area contributed by atoms with Crippen LogP contribution in [-0.2, 0) is 11.3 Å². The van der Waals surface area contributed by atoms with Crippen molar-refractivity contribution in [1.82, 2.24) is 10.3 Å². The Morgan fingerprint density at radius 2 is 2.28 bits per heavy atom. The minimum Gasteiger partial charge on any atom is -0.392 e. The fraction of sp³-hybridized carbons (Fsp3) is 0.462. The minimum absolute atomic E-state index is 0.138. The molecule has 0 aliphatic heterocycles. The van der Waals surface area contributed by atoms with Crippen molar-refractivity contribution in [2.24, 2.45) is 11.1 Å². The molecule has 18 heavy (non-hydrogen) atoms.